The number of carbonyl (C=O) groups excluding carboxylic acids is 1. The van der Waals surface area contributed by atoms with Crippen molar-refractivity contribution >= 4 is 6.09 Å². The molecule has 23 heavy (non-hydrogen) atoms. The van der Waals surface area contributed by atoms with Crippen LogP contribution in [0.1, 0.15) is 58.2 Å². The number of carbonyl (C=O) groups is 1. The van der Waals surface area contributed by atoms with Gasteiger partial charge in [0.05, 0.1) is 0 Å². The molecule has 1 aliphatic carbocycles. The van der Waals surface area contributed by atoms with Gasteiger partial charge in [-0.15, -0.1) is 0 Å². The van der Waals surface area contributed by atoms with Gasteiger partial charge < -0.3 is 15.0 Å². The molecule has 0 spiro atoms. The third-order valence-electron chi connectivity index (χ3n) is 4.13. The SMILES string of the molecule is CC(C)N(CCNC1CCc2ccccc21)C(=O)OC(C)(C)C. The monoisotopic (exact) mass is 318 g/mol. The van der Waals surface area contributed by atoms with E-state index in [9.17, 15) is 4.79 Å². The Labute approximate surface area is 140 Å². The fourth-order valence-corrected chi connectivity index (χ4v) is 3.01. The number of ether oxygens (including phenoxy) is 1. The quantitative estimate of drug-likeness (QED) is 0.895. The summed E-state index contributed by atoms with van der Waals surface area (Å²) in [4.78, 5) is 14.1. The minimum atomic E-state index is -0.456. The minimum absolute atomic E-state index is 0.127. The van der Waals surface area contributed by atoms with Crippen molar-refractivity contribution in [2.75, 3.05) is 13.1 Å². The van der Waals surface area contributed by atoms with E-state index in [0.29, 0.717) is 12.6 Å². The number of fused-ring (bicyclic) bond motifs is 1. The van der Waals surface area contributed by atoms with Crippen LogP contribution in [0.15, 0.2) is 24.3 Å². The Morgan fingerprint density at radius 2 is 2.04 bits per heavy atom. The predicted molar refractivity (Wildman–Crippen MR) is 93.6 cm³/mol. The van der Waals surface area contributed by atoms with E-state index in [1.165, 1.54) is 11.1 Å². The smallest absolute Gasteiger partial charge is 0.410 e. The number of nitrogens with zero attached hydrogens (tertiary/aromatic N) is 1. The van der Waals surface area contributed by atoms with Gasteiger partial charge in [-0.05, 0) is 58.6 Å². The van der Waals surface area contributed by atoms with Crippen molar-refractivity contribution in [3.05, 3.63) is 35.4 Å². The summed E-state index contributed by atoms with van der Waals surface area (Å²) >= 11 is 0. The van der Waals surface area contributed by atoms with Crippen LogP contribution < -0.4 is 5.32 Å². The van der Waals surface area contributed by atoms with Crippen LogP contribution in [0.3, 0.4) is 0 Å². The molecule has 0 bridgehead atoms. The molecule has 4 heteroatoms. The zero-order valence-corrected chi connectivity index (χ0v) is 15.1. The number of nitrogens with one attached hydrogen (secondary N) is 1. The highest BCUT2D eigenvalue weighted by Crippen LogP contribution is 2.30. The maximum absolute atomic E-state index is 12.3. The van der Waals surface area contributed by atoms with E-state index in [1.807, 2.05) is 34.6 Å². The maximum atomic E-state index is 12.3. The first-order chi connectivity index (χ1) is 10.8. The van der Waals surface area contributed by atoms with E-state index >= 15 is 0 Å². The molecule has 1 unspecified atom stereocenters. The summed E-state index contributed by atoms with van der Waals surface area (Å²) in [6, 6.07) is 9.14. The molecule has 0 radical (unpaired) electrons. The molecule has 1 aromatic carbocycles. The second-order valence-corrected chi connectivity index (χ2v) is 7.51. The predicted octanol–water partition coefficient (Wildman–Crippen LogP) is 3.91. The summed E-state index contributed by atoms with van der Waals surface area (Å²) in [5.41, 5.74) is 2.39. The Balaban J connectivity index is 1.87. The first kappa shape index (κ1) is 17.8. The number of hydrogen-bond donors (Lipinski definition) is 1. The van der Waals surface area contributed by atoms with Crippen LogP contribution in [0.4, 0.5) is 4.79 Å². The zero-order chi connectivity index (χ0) is 17.0. The first-order valence-electron chi connectivity index (χ1n) is 8.59. The molecule has 128 valence electrons. The van der Waals surface area contributed by atoms with Gasteiger partial charge in [0, 0.05) is 25.2 Å². The molecule has 1 atom stereocenters. The second-order valence-electron chi connectivity index (χ2n) is 7.51. The van der Waals surface area contributed by atoms with Crippen LogP contribution in [-0.2, 0) is 11.2 Å². The lowest BCUT2D eigenvalue weighted by Gasteiger charge is -2.30. The summed E-state index contributed by atoms with van der Waals surface area (Å²) in [6.45, 7) is 11.2. The average Bonchev–Trinajstić information content (AvgIpc) is 2.84. The lowest BCUT2D eigenvalue weighted by atomic mass is 10.1. The largest absolute Gasteiger partial charge is 0.444 e. The number of aryl methyl sites for hydroxylation is 1. The number of rotatable bonds is 5. The molecule has 0 saturated carbocycles. The van der Waals surface area contributed by atoms with Gasteiger partial charge in [-0.2, -0.15) is 0 Å². The second kappa shape index (κ2) is 7.35. The van der Waals surface area contributed by atoms with Crippen molar-refractivity contribution in [1.82, 2.24) is 10.2 Å². The third kappa shape index (κ3) is 4.96. The minimum Gasteiger partial charge on any atom is -0.444 e. The van der Waals surface area contributed by atoms with E-state index < -0.39 is 5.60 Å². The fourth-order valence-electron chi connectivity index (χ4n) is 3.01. The summed E-state index contributed by atoms with van der Waals surface area (Å²) in [5, 5.41) is 3.59. The van der Waals surface area contributed by atoms with E-state index in [4.69, 9.17) is 4.74 Å². The molecule has 0 saturated heterocycles. The Morgan fingerprint density at radius 1 is 1.35 bits per heavy atom. The Kier molecular flexibility index (Phi) is 5.69. The lowest BCUT2D eigenvalue weighted by Crippen LogP contribution is -2.44. The molecule has 1 N–H and O–H groups in total. The zero-order valence-electron chi connectivity index (χ0n) is 15.1. The highest BCUT2D eigenvalue weighted by atomic mass is 16.6. The van der Waals surface area contributed by atoms with Crippen LogP contribution in [-0.4, -0.2) is 35.7 Å². The molecule has 1 aromatic rings. The molecule has 4 nitrogen and oxygen atoms in total. The van der Waals surface area contributed by atoms with Crippen LogP contribution >= 0.6 is 0 Å². The maximum Gasteiger partial charge on any atom is 0.410 e. The molecule has 0 aromatic heterocycles. The lowest BCUT2D eigenvalue weighted by molar-refractivity contribution is 0.0192. The summed E-state index contributed by atoms with van der Waals surface area (Å²) in [6.07, 6.45) is 2.03. The highest BCUT2D eigenvalue weighted by Gasteiger charge is 2.25. The Morgan fingerprint density at radius 3 is 2.70 bits per heavy atom. The summed E-state index contributed by atoms with van der Waals surface area (Å²) in [7, 11) is 0. The highest BCUT2D eigenvalue weighted by molar-refractivity contribution is 5.68. The van der Waals surface area contributed by atoms with Crippen molar-refractivity contribution in [1.29, 1.82) is 0 Å². The van der Waals surface area contributed by atoms with Crippen LogP contribution in [0.25, 0.3) is 0 Å². The number of benzene rings is 1. The normalized spacial score (nSPS) is 17.2. The Hall–Kier alpha value is -1.55. The molecule has 0 fully saturated rings. The van der Waals surface area contributed by atoms with Gasteiger partial charge in [-0.1, -0.05) is 24.3 Å². The molecular weight excluding hydrogens is 288 g/mol. The molecule has 1 aliphatic rings. The van der Waals surface area contributed by atoms with E-state index in [-0.39, 0.29) is 12.1 Å². The van der Waals surface area contributed by atoms with Crippen LogP contribution in [0.2, 0.25) is 0 Å². The number of amides is 1. The molecule has 2 rings (SSSR count). The summed E-state index contributed by atoms with van der Waals surface area (Å²) < 4.78 is 5.50. The average molecular weight is 318 g/mol. The van der Waals surface area contributed by atoms with Gasteiger partial charge in [0.15, 0.2) is 0 Å². The van der Waals surface area contributed by atoms with Crippen molar-refractivity contribution in [2.24, 2.45) is 0 Å². The van der Waals surface area contributed by atoms with E-state index in [1.54, 1.807) is 4.90 Å². The van der Waals surface area contributed by atoms with Gasteiger partial charge in [0.1, 0.15) is 5.60 Å². The molecule has 1 amide bonds. The molecular formula is C19H30N2O2. The van der Waals surface area contributed by atoms with Crippen molar-refractivity contribution in [3.63, 3.8) is 0 Å². The number of hydrogen-bond acceptors (Lipinski definition) is 3. The van der Waals surface area contributed by atoms with Gasteiger partial charge >= 0.3 is 6.09 Å². The van der Waals surface area contributed by atoms with Crippen molar-refractivity contribution in [3.8, 4) is 0 Å². The van der Waals surface area contributed by atoms with Crippen molar-refractivity contribution < 1.29 is 9.53 Å². The molecule has 0 aliphatic heterocycles. The van der Waals surface area contributed by atoms with E-state index in [0.717, 1.165) is 19.4 Å². The topological polar surface area (TPSA) is 41.6 Å². The van der Waals surface area contributed by atoms with Crippen molar-refractivity contribution in [2.45, 2.75) is 65.1 Å². The Bertz CT molecular complexity index is 534. The molecule has 0 heterocycles. The first-order valence-corrected chi connectivity index (χ1v) is 8.59. The van der Waals surface area contributed by atoms with Gasteiger partial charge in [0.2, 0.25) is 0 Å². The van der Waals surface area contributed by atoms with Gasteiger partial charge in [0.25, 0.3) is 0 Å². The standard InChI is InChI=1S/C19H30N2O2/c1-14(2)21(18(22)23-19(3,4)5)13-12-20-17-11-10-15-8-6-7-9-16(15)17/h6-9,14,17,20H,10-13H2,1-5H3. The van der Waals surface area contributed by atoms with Gasteiger partial charge in [-0.3, -0.25) is 0 Å². The summed E-state index contributed by atoms with van der Waals surface area (Å²) in [5.74, 6) is 0. The van der Waals surface area contributed by atoms with Crippen LogP contribution in [0.5, 0.6) is 0 Å². The van der Waals surface area contributed by atoms with Gasteiger partial charge in [-0.25, -0.2) is 4.79 Å². The third-order valence-corrected chi connectivity index (χ3v) is 4.13. The van der Waals surface area contributed by atoms with Crippen LogP contribution in [0, 0.1) is 0 Å². The fraction of sp³-hybridized carbons (Fsp3) is 0.632. The van der Waals surface area contributed by atoms with E-state index in [2.05, 4.69) is 29.6 Å².